The second-order valence-corrected chi connectivity index (χ2v) is 2.55. The quantitative estimate of drug-likeness (QED) is 0.425. The van der Waals surface area contributed by atoms with Gasteiger partial charge in [0.2, 0.25) is 5.91 Å². The first-order valence-electron chi connectivity index (χ1n) is 4.07. The normalized spacial score (nSPS) is 11.8. The van der Waals surface area contributed by atoms with Gasteiger partial charge in [-0.05, 0) is 6.42 Å². The monoisotopic (exact) mass is 189 g/mol. The fraction of sp³-hybridized carbons (Fsp3) is 0.714. The molecule has 0 saturated carbocycles. The minimum atomic E-state index is -1.33. The van der Waals surface area contributed by atoms with Crippen LogP contribution >= 0.6 is 0 Å². The molecule has 76 valence electrons. The van der Waals surface area contributed by atoms with Crippen molar-refractivity contribution in [3.8, 4) is 0 Å². The van der Waals surface area contributed by atoms with Crippen molar-refractivity contribution < 1.29 is 14.7 Å². The van der Waals surface area contributed by atoms with Crippen LogP contribution in [0.15, 0.2) is 0 Å². The molecule has 0 spiro atoms. The van der Waals surface area contributed by atoms with E-state index in [1.165, 1.54) is 0 Å². The van der Waals surface area contributed by atoms with Crippen molar-refractivity contribution in [1.29, 1.82) is 0 Å². The van der Waals surface area contributed by atoms with Gasteiger partial charge >= 0.3 is 6.03 Å². The van der Waals surface area contributed by atoms with Gasteiger partial charge < -0.3 is 21.5 Å². The fourth-order valence-corrected chi connectivity index (χ4v) is 0.591. The summed E-state index contributed by atoms with van der Waals surface area (Å²) in [5.41, 5.74) is 4.76. The number of hydrogen-bond donors (Lipinski definition) is 4. The third-order valence-electron chi connectivity index (χ3n) is 1.32. The Morgan fingerprint density at radius 3 is 2.54 bits per heavy atom. The molecule has 6 nitrogen and oxygen atoms in total. The van der Waals surface area contributed by atoms with Crippen LogP contribution in [0, 0.1) is 0 Å². The zero-order chi connectivity index (χ0) is 10.3. The molecule has 0 fully saturated rings. The molecule has 0 aromatic rings. The molecule has 0 saturated heterocycles. The van der Waals surface area contributed by atoms with Crippen LogP contribution in [0.2, 0.25) is 0 Å². The van der Waals surface area contributed by atoms with Gasteiger partial charge in [-0.25, -0.2) is 4.79 Å². The van der Waals surface area contributed by atoms with Gasteiger partial charge in [-0.2, -0.15) is 0 Å². The molecule has 0 aliphatic carbocycles. The lowest BCUT2D eigenvalue weighted by Gasteiger charge is -2.08. The van der Waals surface area contributed by atoms with Crippen molar-refractivity contribution in [3.05, 3.63) is 0 Å². The van der Waals surface area contributed by atoms with Crippen molar-refractivity contribution in [2.24, 2.45) is 5.73 Å². The van der Waals surface area contributed by atoms with Crippen LogP contribution in [0.5, 0.6) is 0 Å². The molecular formula is C7H15N3O3. The minimum absolute atomic E-state index is 0.162. The molecule has 5 N–H and O–H groups in total. The van der Waals surface area contributed by atoms with Crippen LogP contribution in [-0.4, -0.2) is 36.2 Å². The van der Waals surface area contributed by atoms with Gasteiger partial charge in [-0.3, -0.25) is 4.79 Å². The van der Waals surface area contributed by atoms with Crippen molar-refractivity contribution in [3.63, 3.8) is 0 Å². The molecule has 3 amide bonds. The summed E-state index contributed by atoms with van der Waals surface area (Å²) in [6, 6.07) is -0.415. The Morgan fingerprint density at radius 1 is 1.46 bits per heavy atom. The lowest BCUT2D eigenvalue weighted by atomic mass is 10.3. The summed E-state index contributed by atoms with van der Waals surface area (Å²) < 4.78 is 0. The number of amides is 3. The Morgan fingerprint density at radius 2 is 2.08 bits per heavy atom. The highest BCUT2D eigenvalue weighted by Crippen LogP contribution is 1.77. The Kier molecular flexibility index (Phi) is 5.62. The van der Waals surface area contributed by atoms with Gasteiger partial charge in [0.25, 0.3) is 0 Å². The average molecular weight is 189 g/mol. The molecular weight excluding hydrogens is 174 g/mol. The summed E-state index contributed by atoms with van der Waals surface area (Å²) >= 11 is 0. The van der Waals surface area contributed by atoms with Gasteiger partial charge in [0, 0.05) is 6.54 Å². The van der Waals surface area contributed by atoms with E-state index in [-0.39, 0.29) is 6.54 Å². The number of hydrogen-bond acceptors (Lipinski definition) is 3. The molecule has 0 aromatic heterocycles. The van der Waals surface area contributed by atoms with E-state index in [9.17, 15) is 9.59 Å². The molecule has 13 heavy (non-hydrogen) atoms. The van der Waals surface area contributed by atoms with Crippen LogP contribution in [0.1, 0.15) is 13.3 Å². The van der Waals surface area contributed by atoms with Crippen LogP contribution in [0.4, 0.5) is 4.79 Å². The number of aliphatic hydroxyl groups excluding tert-OH is 1. The smallest absolute Gasteiger partial charge is 0.314 e. The number of primary amides is 1. The van der Waals surface area contributed by atoms with E-state index in [1.807, 2.05) is 6.92 Å². The molecule has 0 rings (SSSR count). The summed E-state index contributed by atoms with van der Waals surface area (Å²) in [5.74, 6) is -0.851. The number of urea groups is 1. The number of carbonyl (C=O) groups is 2. The SMILES string of the molecule is CCCNC(=O)NCC(O)C(N)=O. The molecule has 0 bridgehead atoms. The third kappa shape index (κ3) is 5.92. The standard InChI is InChI=1S/C7H15N3O3/c1-2-3-9-7(13)10-4-5(11)6(8)12/h5,11H,2-4H2,1H3,(H2,8,12)(H2,9,10,13). The average Bonchev–Trinajstić information content (AvgIpc) is 2.10. The van der Waals surface area contributed by atoms with E-state index in [0.29, 0.717) is 6.54 Å². The van der Waals surface area contributed by atoms with E-state index in [4.69, 9.17) is 10.8 Å². The first-order chi connectivity index (χ1) is 6.07. The van der Waals surface area contributed by atoms with Gasteiger partial charge in [-0.1, -0.05) is 6.92 Å². The first-order valence-corrected chi connectivity index (χ1v) is 4.07. The third-order valence-corrected chi connectivity index (χ3v) is 1.32. The second-order valence-electron chi connectivity index (χ2n) is 2.55. The summed E-state index contributed by atoms with van der Waals surface area (Å²) in [5, 5.41) is 13.7. The van der Waals surface area contributed by atoms with E-state index in [2.05, 4.69) is 10.6 Å². The van der Waals surface area contributed by atoms with Crippen molar-refractivity contribution >= 4 is 11.9 Å². The first kappa shape index (κ1) is 11.7. The van der Waals surface area contributed by atoms with Gasteiger partial charge in [0.1, 0.15) is 6.10 Å². The topological polar surface area (TPSA) is 104 Å². The van der Waals surface area contributed by atoms with Crippen LogP contribution < -0.4 is 16.4 Å². The highest BCUT2D eigenvalue weighted by Gasteiger charge is 2.11. The largest absolute Gasteiger partial charge is 0.381 e. The highest BCUT2D eigenvalue weighted by atomic mass is 16.3. The molecule has 0 radical (unpaired) electrons. The van der Waals surface area contributed by atoms with Crippen molar-refractivity contribution in [2.75, 3.05) is 13.1 Å². The van der Waals surface area contributed by atoms with E-state index >= 15 is 0 Å². The maximum absolute atomic E-state index is 10.8. The van der Waals surface area contributed by atoms with E-state index in [0.717, 1.165) is 6.42 Å². The van der Waals surface area contributed by atoms with E-state index < -0.39 is 18.0 Å². The highest BCUT2D eigenvalue weighted by molar-refractivity contribution is 5.80. The Labute approximate surface area is 76.5 Å². The maximum Gasteiger partial charge on any atom is 0.314 e. The summed E-state index contributed by atoms with van der Waals surface area (Å²) in [4.78, 5) is 21.2. The van der Waals surface area contributed by atoms with Gasteiger partial charge in [0.05, 0.1) is 6.54 Å². The van der Waals surface area contributed by atoms with Gasteiger partial charge in [0.15, 0.2) is 0 Å². The van der Waals surface area contributed by atoms with Crippen LogP contribution in [0.3, 0.4) is 0 Å². The van der Waals surface area contributed by atoms with Gasteiger partial charge in [-0.15, -0.1) is 0 Å². The van der Waals surface area contributed by atoms with E-state index in [1.54, 1.807) is 0 Å². The molecule has 0 aliphatic rings. The van der Waals surface area contributed by atoms with Crippen molar-refractivity contribution in [1.82, 2.24) is 10.6 Å². The lowest BCUT2D eigenvalue weighted by Crippen LogP contribution is -2.44. The number of rotatable bonds is 5. The van der Waals surface area contributed by atoms with Crippen LogP contribution in [0.25, 0.3) is 0 Å². The Hall–Kier alpha value is -1.30. The lowest BCUT2D eigenvalue weighted by molar-refractivity contribution is -0.125. The molecule has 6 heteroatoms. The molecule has 0 aromatic carbocycles. The number of nitrogens with two attached hydrogens (primary N) is 1. The van der Waals surface area contributed by atoms with Crippen molar-refractivity contribution in [2.45, 2.75) is 19.4 Å². The minimum Gasteiger partial charge on any atom is -0.381 e. The predicted molar refractivity (Wildman–Crippen MR) is 46.9 cm³/mol. The summed E-state index contributed by atoms with van der Waals surface area (Å²) in [6.07, 6.45) is -0.501. The molecule has 1 atom stereocenters. The maximum atomic E-state index is 10.8. The zero-order valence-electron chi connectivity index (χ0n) is 7.54. The Bertz CT molecular complexity index is 184. The Balaban J connectivity index is 3.52. The molecule has 0 aliphatic heterocycles. The summed E-state index contributed by atoms with van der Waals surface area (Å²) in [6.45, 7) is 2.31. The molecule has 0 heterocycles. The number of carbonyl (C=O) groups excluding carboxylic acids is 2. The van der Waals surface area contributed by atoms with Crippen LogP contribution in [-0.2, 0) is 4.79 Å². The predicted octanol–water partition coefficient (Wildman–Crippen LogP) is -1.46. The number of aliphatic hydroxyl groups is 1. The molecule has 1 unspecified atom stereocenters. The summed E-state index contributed by atoms with van der Waals surface area (Å²) in [7, 11) is 0. The fourth-order valence-electron chi connectivity index (χ4n) is 0.591. The second kappa shape index (κ2) is 6.24. The zero-order valence-corrected chi connectivity index (χ0v) is 7.54. The number of nitrogens with one attached hydrogen (secondary N) is 2.